The number of benzene rings is 1. The Kier molecular flexibility index (Phi) is 6.61. The van der Waals surface area contributed by atoms with E-state index in [0.717, 1.165) is 18.5 Å². The number of nitrogens with zero attached hydrogens (tertiary/aromatic N) is 3. The zero-order valence-corrected chi connectivity index (χ0v) is 18.5. The van der Waals surface area contributed by atoms with Gasteiger partial charge in [-0.3, -0.25) is 9.48 Å². The summed E-state index contributed by atoms with van der Waals surface area (Å²) in [5, 5.41) is 4.93. The van der Waals surface area contributed by atoms with Gasteiger partial charge in [0, 0.05) is 30.8 Å². The number of sulfonamides is 1. The van der Waals surface area contributed by atoms with Crippen molar-refractivity contribution in [3.8, 4) is 0 Å². The van der Waals surface area contributed by atoms with Crippen molar-refractivity contribution in [2.45, 2.75) is 45.1 Å². The summed E-state index contributed by atoms with van der Waals surface area (Å²) < 4.78 is 28.4. The van der Waals surface area contributed by atoms with Crippen LogP contribution in [-0.2, 0) is 16.6 Å². The van der Waals surface area contributed by atoms with Gasteiger partial charge in [-0.05, 0) is 62.1 Å². The zero-order chi connectivity index (χ0) is 21.2. The van der Waals surface area contributed by atoms with E-state index in [9.17, 15) is 13.2 Å². The number of aryl methyl sites for hydroxylation is 1. The summed E-state index contributed by atoms with van der Waals surface area (Å²) in [5.74, 6) is 0.183. The molecule has 0 bridgehead atoms. The van der Waals surface area contributed by atoms with Gasteiger partial charge in [0.1, 0.15) is 5.15 Å². The second kappa shape index (κ2) is 8.81. The van der Waals surface area contributed by atoms with Crippen molar-refractivity contribution in [1.82, 2.24) is 14.1 Å². The van der Waals surface area contributed by atoms with Gasteiger partial charge in [-0.1, -0.05) is 25.4 Å². The van der Waals surface area contributed by atoms with Gasteiger partial charge in [0.25, 0.3) is 0 Å². The van der Waals surface area contributed by atoms with Crippen LogP contribution in [0.4, 0.5) is 0 Å². The maximum Gasteiger partial charge on any atom is 0.243 e. The first-order chi connectivity index (χ1) is 13.7. The number of rotatable bonds is 7. The van der Waals surface area contributed by atoms with E-state index >= 15 is 0 Å². The molecule has 0 N–H and O–H groups in total. The van der Waals surface area contributed by atoms with Crippen molar-refractivity contribution in [3.05, 3.63) is 52.3 Å². The molecule has 0 radical (unpaired) electrons. The number of hydrogen-bond acceptors (Lipinski definition) is 4. The van der Waals surface area contributed by atoms with E-state index in [2.05, 4.69) is 18.9 Å². The van der Waals surface area contributed by atoms with Crippen LogP contribution in [0.2, 0.25) is 5.15 Å². The molecule has 6 nitrogen and oxygen atoms in total. The topological polar surface area (TPSA) is 72.3 Å². The molecule has 2 heterocycles. The second-order valence-corrected chi connectivity index (χ2v) is 9.99. The first-order valence-electron chi connectivity index (χ1n) is 9.75. The van der Waals surface area contributed by atoms with Crippen molar-refractivity contribution in [1.29, 1.82) is 0 Å². The molecule has 0 amide bonds. The van der Waals surface area contributed by atoms with Crippen molar-refractivity contribution in [3.63, 3.8) is 0 Å². The first kappa shape index (κ1) is 21.7. The van der Waals surface area contributed by atoms with Crippen molar-refractivity contribution >= 4 is 33.5 Å². The van der Waals surface area contributed by atoms with E-state index in [1.54, 1.807) is 22.9 Å². The molecule has 1 aromatic heterocycles. The number of halogens is 1. The Balaban J connectivity index is 1.75. The molecule has 2 aromatic rings. The predicted octanol–water partition coefficient (Wildman–Crippen LogP) is 4.18. The van der Waals surface area contributed by atoms with Crippen molar-refractivity contribution in [2.75, 3.05) is 13.1 Å². The Hall–Kier alpha value is -1.96. The number of aromatic nitrogens is 2. The normalized spacial score (nSPS) is 15.6. The molecule has 8 heteroatoms. The van der Waals surface area contributed by atoms with Crippen LogP contribution in [-0.4, -0.2) is 41.4 Å². The highest BCUT2D eigenvalue weighted by Gasteiger charge is 2.27. The lowest BCUT2D eigenvalue weighted by molar-refractivity contribution is 0.104. The molecule has 156 valence electrons. The molecule has 1 aromatic carbocycles. The van der Waals surface area contributed by atoms with Crippen LogP contribution < -0.4 is 0 Å². The highest BCUT2D eigenvalue weighted by Crippen LogP contribution is 2.24. The molecule has 1 aliphatic rings. The smallest absolute Gasteiger partial charge is 0.243 e. The highest BCUT2D eigenvalue weighted by molar-refractivity contribution is 7.89. The fourth-order valence-corrected chi connectivity index (χ4v) is 5.17. The summed E-state index contributed by atoms with van der Waals surface area (Å²) >= 11 is 6.40. The lowest BCUT2D eigenvalue weighted by Gasteiger charge is -2.15. The Morgan fingerprint density at radius 3 is 2.41 bits per heavy atom. The summed E-state index contributed by atoms with van der Waals surface area (Å²) in [6.07, 6.45) is 4.88. The minimum atomic E-state index is -3.48. The van der Waals surface area contributed by atoms with Crippen LogP contribution in [0.15, 0.2) is 35.2 Å². The molecule has 29 heavy (non-hydrogen) atoms. The van der Waals surface area contributed by atoms with E-state index in [0.29, 0.717) is 41.8 Å². The van der Waals surface area contributed by atoms with Crippen molar-refractivity contribution in [2.24, 2.45) is 5.92 Å². The van der Waals surface area contributed by atoms with Crippen LogP contribution in [0, 0.1) is 12.8 Å². The predicted molar refractivity (Wildman–Crippen MR) is 115 cm³/mol. The average Bonchev–Trinajstić information content (AvgIpc) is 3.30. The van der Waals surface area contributed by atoms with Gasteiger partial charge in [0.2, 0.25) is 10.0 Å². The number of hydrogen-bond donors (Lipinski definition) is 0. The van der Waals surface area contributed by atoms with Gasteiger partial charge < -0.3 is 0 Å². The van der Waals surface area contributed by atoms with Crippen LogP contribution in [0.5, 0.6) is 0 Å². The summed E-state index contributed by atoms with van der Waals surface area (Å²) in [6.45, 7) is 7.83. The quantitative estimate of drug-likeness (QED) is 0.483. The molecule has 3 rings (SSSR count). The molecule has 1 aliphatic heterocycles. The van der Waals surface area contributed by atoms with Gasteiger partial charge >= 0.3 is 0 Å². The maximum atomic E-state index is 12.6. The Morgan fingerprint density at radius 2 is 1.83 bits per heavy atom. The van der Waals surface area contributed by atoms with Crippen LogP contribution in [0.25, 0.3) is 6.08 Å². The fraction of sp³-hybridized carbons (Fsp3) is 0.429. The summed E-state index contributed by atoms with van der Waals surface area (Å²) in [6, 6.07) is 6.08. The van der Waals surface area contributed by atoms with Gasteiger partial charge in [-0.25, -0.2) is 8.42 Å². The molecular formula is C21H26ClN3O3S. The van der Waals surface area contributed by atoms with Gasteiger partial charge in [0.15, 0.2) is 5.78 Å². The third-order valence-electron chi connectivity index (χ3n) is 4.89. The molecule has 0 unspecified atom stereocenters. The average molecular weight is 436 g/mol. The molecular weight excluding hydrogens is 410 g/mol. The minimum absolute atomic E-state index is 0.216. The summed E-state index contributed by atoms with van der Waals surface area (Å²) in [5.41, 5.74) is 1.89. The molecule has 0 aliphatic carbocycles. The van der Waals surface area contributed by atoms with E-state index in [4.69, 9.17) is 11.6 Å². The molecule has 0 atom stereocenters. The van der Waals surface area contributed by atoms with E-state index in [1.807, 2.05) is 6.92 Å². The van der Waals surface area contributed by atoms with E-state index < -0.39 is 10.0 Å². The number of carbonyl (C=O) groups is 1. The minimum Gasteiger partial charge on any atom is -0.289 e. The van der Waals surface area contributed by atoms with Gasteiger partial charge in [0.05, 0.1) is 10.6 Å². The second-order valence-electron chi connectivity index (χ2n) is 7.70. The SMILES string of the molecule is Cc1nn(CC(C)C)c(Cl)c1/C=C/C(=O)c1ccc(S(=O)(=O)N2CCCC2)cc1. The number of allylic oxidation sites excluding steroid dienone is 1. The lowest BCUT2D eigenvalue weighted by Crippen LogP contribution is -2.27. The fourth-order valence-electron chi connectivity index (χ4n) is 3.35. The number of ketones is 1. The standard InChI is InChI=1S/C21H26ClN3O3S/c1-15(2)14-25-21(22)19(16(3)23-25)10-11-20(26)17-6-8-18(9-7-17)29(27,28)24-12-4-5-13-24/h6-11,15H,4-5,12-14H2,1-3H3/b11-10+. The monoisotopic (exact) mass is 435 g/mol. The Morgan fingerprint density at radius 1 is 1.21 bits per heavy atom. The highest BCUT2D eigenvalue weighted by atomic mass is 35.5. The van der Waals surface area contributed by atoms with Crippen LogP contribution in [0.1, 0.15) is 48.3 Å². The lowest BCUT2D eigenvalue weighted by atomic mass is 10.1. The van der Waals surface area contributed by atoms with Crippen LogP contribution >= 0.6 is 11.6 Å². The largest absolute Gasteiger partial charge is 0.289 e. The van der Waals surface area contributed by atoms with E-state index in [1.165, 1.54) is 22.5 Å². The molecule has 0 spiro atoms. The third kappa shape index (κ3) is 4.79. The summed E-state index contributed by atoms with van der Waals surface area (Å²) in [4.78, 5) is 12.7. The maximum absolute atomic E-state index is 12.6. The van der Waals surface area contributed by atoms with Crippen molar-refractivity contribution < 1.29 is 13.2 Å². The Bertz CT molecular complexity index is 1020. The molecule has 1 saturated heterocycles. The van der Waals surface area contributed by atoms with Crippen LogP contribution in [0.3, 0.4) is 0 Å². The number of carbonyl (C=O) groups excluding carboxylic acids is 1. The van der Waals surface area contributed by atoms with E-state index in [-0.39, 0.29) is 10.7 Å². The van der Waals surface area contributed by atoms with Gasteiger partial charge in [-0.2, -0.15) is 9.40 Å². The molecule has 0 saturated carbocycles. The third-order valence-corrected chi connectivity index (χ3v) is 7.20. The Labute approximate surface area is 177 Å². The summed E-state index contributed by atoms with van der Waals surface area (Å²) in [7, 11) is -3.48. The zero-order valence-electron chi connectivity index (χ0n) is 16.9. The molecule has 1 fully saturated rings. The van der Waals surface area contributed by atoms with Gasteiger partial charge in [-0.15, -0.1) is 0 Å². The first-order valence-corrected chi connectivity index (χ1v) is 11.6.